The van der Waals surface area contributed by atoms with E-state index in [0.29, 0.717) is 25.4 Å². The van der Waals surface area contributed by atoms with Gasteiger partial charge in [-0.2, -0.15) is 5.10 Å². The van der Waals surface area contributed by atoms with Crippen molar-refractivity contribution in [2.24, 2.45) is 0 Å². The van der Waals surface area contributed by atoms with Gasteiger partial charge in [-0.05, 0) is 36.3 Å². The van der Waals surface area contributed by atoms with Gasteiger partial charge in [-0.25, -0.2) is 5.10 Å². The number of nitrogens with zero attached hydrogens (tertiary/aromatic N) is 3. The number of H-pyrrole nitrogens is 1. The second-order valence-corrected chi connectivity index (χ2v) is 7.77. The van der Waals surface area contributed by atoms with E-state index in [9.17, 15) is 9.59 Å². The largest absolute Gasteiger partial charge is 0.489 e. The van der Waals surface area contributed by atoms with Crippen LogP contribution in [0.5, 0.6) is 5.75 Å². The van der Waals surface area contributed by atoms with E-state index in [4.69, 9.17) is 16.3 Å². The minimum atomic E-state index is -0.423. The van der Waals surface area contributed by atoms with Crippen molar-refractivity contribution in [1.29, 1.82) is 0 Å². The van der Waals surface area contributed by atoms with Gasteiger partial charge in [0.1, 0.15) is 17.4 Å². The fraction of sp³-hybridized carbons (Fsp3) is 0.217. The van der Waals surface area contributed by atoms with Gasteiger partial charge in [0.15, 0.2) is 0 Å². The average molecular weight is 452 g/mol. The monoisotopic (exact) mass is 451 g/mol. The maximum atomic E-state index is 12.3. The minimum absolute atomic E-state index is 0.0363. The summed E-state index contributed by atoms with van der Waals surface area (Å²) in [5.41, 5.74) is 2.04. The molecule has 0 spiro atoms. The Morgan fingerprint density at radius 1 is 1.28 bits per heavy atom. The van der Waals surface area contributed by atoms with Crippen LogP contribution in [0.15, 0.2) is 65.9 Å². The predicted octanol–water partition coefficient (Wildman–Crippen LogP) is 2.81. The van der Waals surface area contributed by atoms with Crippen LogP contribution in [0.4, 0.5) is 5.69 Å². The summed E-state index contributed by atoms with van der Waals surface area (Å²) in [5.74, 6) is 0.568. The van der Waals surface area contributed by atoms with Crippen molar-refractivity contribution in [1.82, 2.24) is 20.5 Å². The number of hydrogen-bond donors (Lipinski definition) is 2. The Hall–Kier alpha value is -3.65. The molecule has 0 bridgehead atoms. The number of pyridine rings is 1. The van der Waals surface area contributed by atoms with E-state index < -0.39 is 5.56 Å². The molecule has 0 radical (unpaired) electrons. The van der Waals surface area contributed by atoms with Crippen molar-refractivity contribution in [2.75, 3.05) is 18.0 Å². The van der Waals surface area contributed by atoms with E-state index in [-0.39, 0.29) is 17.0 Å². The van der Waals surface area contributed by atoms with E-state index in [0.717, 1.165) is 23.3 Å². The SMILES string of the molecule is O=C(/C=C/c1ccc(OCc2cccnc2)cc1)NC1CCN(c2cn[nH]c(=O)c2Cl)C1. The minimum Gasteiger partial charge on any atom is -0.489 e. The summed E-state index contributed by atoms with van der Waals surface area (Å²) in [4.78, 5) is 30.0. The number of amides is 1. The Balaban J connectivity index is 1.26. The molecule has 1 amide bonds. The van der Waals surface area contributed by atoms with Crippen LogP contribution in [0.3, 0.4) is 0 Å². The first-order valence-electron chi connectivity index (χ1n) is 10.2. The van der Waals surface area contributed by atoms with Gasteiger partial charge >= 0.3 is 0 Å². The smallest absolute Gasteiger partial charge is 0.285 e. The first-order valence-corrected chi connectivity index (χ1v) is 10.5. The third kappa shape index (κ3) is 5.53. The third-order valence-corrected chi connectivity index (χ3v) is 5.45. The molecule has 9 heteroatoms. The first kappa shape index (κ1) is 21.6. The number of anilines is 1. The number of ether oxygens (including phenoxy) is 1. The van der Waals surface area contributed by atoms with Gasteiger partial charge in [0.05, 0.1) is 11.9 Å². The fourth-order valence-electron chi connectivity index (χ4n) is 3.44. The molecule has 8 nitrogen and oxygen atoms in total. The molecule has 1 saturated heterocycles. The summed E-state index contributed by atoms with van der Waals surface area (Å²) in [6.45, 7) is 1.69. The maximum Gasteiger partial charge on any atom is 0.285 e. The zero-order valence-electron chi connectivity index (χ0n) is 17.2. The zero-order chi connectivity index (χ0) is 22.3. The van der Waals surface area contributed by atoms with E-state index >= 15 is 0 Å². The van der Waals surface area contributed by atoms with Crippen LogP contribution in [-0.4, -0.2) is 40.2 Å². The van der Waals surface area contributed by atoms with Gasteiger partial charge in [-0.3, -0.25) is 14.6 Å². The summed E-state index contributed by atoms with van der Waals surface area (Å²) in [6, 6.07) is 11.3. The van der Waals surface area contributed by atoms with Gasteiger partial charge in [-0.1, -0.05) is 29.8 Å². The first-order chi connectivity index (χ1) is 15.6. The summed E-state index contributed by atoms with van der Waals surface area (Å²) in [7, 11) is 0. The van der Waals surface area contributed by atoms with E-state index in [1.165, 1.54) is 12.3 Å². The van der Waals surface area contributed by atoms with Crippen molar-refractivity contribution in [3.63, 3.8) is 0 Å². The number of benzene rings is 1. The summed E-state index contributed by atoms with van der Waals surface area (Å²) in [5, 5.41) is 9.20. The molecule has 1 fully saturated rings. The molecule has 4 rings (SSSR count). The van der Waals surface area contributed by atoms with E-state index in [1.807, 2.05) is 41.3 Å². The number of hydrogen-bond acceptors (Lipinski definition) is 6. The van der Waals surface area contributed by atoms with E-state index in [1.54, 1.807) is 18.5 Å². The highest BCUT2D eigenvalue weighted by atomic mass is 35.5. The normalized spacial score (nSPS) is 15.8. The van der Waals surface area contributed by atoms with Gasteiger partial charge in [-0.15, -0.1) is 0 Å². The molecule has 1 unspecified atom stereocenters. The third-order valence-electron chi connectivity index (χ3n) is 5.09. The number of aromatic amines is 1. The highest BCUT2D eigenvalue weighted by Crippen LogP contribution is 2.24. The quantitative estimate of drug-likeness (QED) is 0.536. The molecule has 2 N–H and O–H groups in total. The van der Waals surface area contributed by atoms with Crippen LogP contribution in [-0.2, 0) is 11.4 Å². The van der Waals surface area contributed by atoms with Crippen molar-refractivity contribution < 1.29 is 9.53 Å². The van der Waals surface area contributed by atoms with Crippen LogP contribution >= 0.6 is 11.6 Å². The number of nitrogens with one attached hydrogen (secondary N) is 2. The van der Waals surface area contributed by atoms with Crippen molar-refractivity contribution >= 4 is 29.3 Å². The molecule has 1 atom stereocenters. The molecule has 0 aliphatic carbocycles. The number of rotatable bonds is 7. The molecule has 0 saturated carbocycles. The number of carbonyl (C=O) groups excluding carboxylic acids is 1. The van der Waals surface area contributed by atoms with Gasteiger partial charge in [0.2, 0.25) is 5.91 Å². The lowest BCUT2D eigenvalue weighted by Gasteiger charge is -2.18. The van der Waals surface area contributed by atoms with Crippen molar-refractivity contribution in [3.05, 3.63) is 87.6 Å². The van der Waals surface area contributed by atoms with E-state index in [2.05, 4.69) is 20.5 Å². The topological polar surface area (TPSA) is 100 Å². The number of halogens is 1. The lowest BCUT2D eigenvalue weighted by Crippen LogP contribution is -2.36. The van der Waals surface area contributed by atoms with Crippen LogP contribution < -0.4 is 20.5 Å². The highest BCUT2D eigenvalue weighted by molar-refractivity contribution is 6.33. The summed E-state index contributed by atoms with van der Waals surface area (Å²) >= 11 is 6.07. The summed E-state index contributed by atoms with van der Waals surface area (Å²) < 4.78 is 5.74. The van der Waals surface area contributed by atoms with Crippen LogP contribution in [0.1, 0.15) is 17.5 Å². The lowest BCUT2D eigenvalue weighted by molar-refractivity contribution is -0.117. The second kappa shape index (κ2) is 10.1. The van der Waals surface area contributed by atoms with Crippen molar-refractivity contribution in [2.45, 2.75) is 19.1 Å². The molecular weight excluding hydrogens is 430 g/mol. The maximum absolute atomic E-state index is 12.3. The lowest BCUT2D eigenvalue weighted by atomic mass is 10.2. The number of carbonyl (C=O) groups is 1. The number of aromatic nitrogens is 3. The van der Waals surface area contributed by atoms with Crippen LogP contribution in [0.25, 0.3) is 6.08 Å². The molecule has 1 aliphatic rings. The predicted molar refractivity (Wildman–Crippen MR) is 123 cm³/mol. The Kier molecular flexibility index (Phi) is 6.81. The van der Waals surface area contributed by atoms with Gasteiger partial charge in [0.25, 0.3) is 5.56 Å². The second-order valence-electron chi connectivity index (χ2n) is 7.39. The van der Waals surface area contributed by atoms with Gasteiger partial charge < -0.3 is 15.0 Å². The Morgan fingerprint density at radius 2 is 2.12 bits per heavy atom. The Labute approximate surface area is 189 Å². The van der Waals surface area contributed by atoms with Crippen molar-refractivity contribution in [3.8, 4) is 5.75 Å². The zero-order valence-corrected chi connectivity index (χ0v) is 18.0. The molecule has 3 aromatic rings. The molecule has 32 heavy (non-hydrogen) atoms. The molecule has 1 aromatic carbocycles. The average Bonchev–Trinajstić information content (AvgIpc) is 3.27. The summed E-state index contributed by atoms with van der Waals surface area (Å²) in [6.07, 6.45) is 9.04. The standard InChI is InChI=1S/C23H22ClN5O3/c24-22-20(13-26-28-23(22)31)29-11-9-18(14-29)27-21(30)8-5-16-3-6-19(7-4-16)32-15-17-2-1-10-25-12-17/h1-8,10,12-13,18H,9,11,14-15H2,(H,27,30)(H,28,31)/b8-5+. The fourth-order valence-corrected chi connectivity index (χ4v) is 3.65. The molecular formula is C23H22ClN5O3. The Morgan fingerprint density at radius 3 is 2.91 bits per heavy atom. The van der Waals surface area contributed by atoms with Crippen LogP contribution in [0, 0.1) is 0 Å². The Bertz CT molecular complexity index is 1150. The highest BCUT2D eigenvalue weighted by Gasteiger charge is 2.25. The molecule has 2 aromatic heterocycles. The molecule has 164 valence electrons. The molecule has 3 heterocycles. The van der Waals surface area contributed by atoms with Gasteiger partial charge in [0, 0.05) is 43.2 Å². The van der Waals surface area contributed by atoms with Crippen LogP contribution in [0.2, 0.25) is 5.02 Å². The molecule has 1 aliphatic heterocycles.